The number of aromatic nitrogens is 2. The fourth-order valence-electron chi connectivity index (χ4n) is 1.07. The van der Waals surface area contributed by atoms with Crippen LogP contribution < -0.4 is 5.69 Å². The van der Waals surface area contributed by atoms with E-state index in [1.807, 2.05) is 0 Å². The summed E-state index contributed by atoms with van der Waals surface area (Å²) >= 11 is 0. The molecule has 1 rings (SSSR count). The van der Waals surface area contributed by atoms with E-state index in [2.05, 4.69) is 9.72 Å². The lowest BCUT2D eigenvalue weighted by atomic mass is 10.3. The first-order valence-electron chi connectivity index (χ1n) is 4.27. The second kappa shape index (κ2) is 4.51. The number of esters is 1. The highest BCUT2D eigenvalue weighted by atomic mass is 16.6. The van der Waals surface area contributed by atoms with Crippen molar-refractivity contribution in [1.29, 1.82) is 0 Å². The molecular weight excluding hydrogens is 218 g/mol. The lowest BCUT2D eigenvalue weighted by Gasteiger charge is -2.10. The molecule has 1 atom stereocenters. The number of hydrogen-bond donors (Lipinski definition) is 0. The highest BCUT2D eigenvalue weighted by Crippen LogP contribution is 2.10. The average molecular weight is 227 g/mol. The molecule has 0 spiro atoms. The zero-order chi connectivity index (χ0) is 12.3. The van der Waals surface area contributed by atoms with E-state index in [1.54, 1.807) is 0 Å². The molecule has 86 valence electrons. The summed E-state index contributed by atoms with van der Waals surface area (Å²) in [6, 6.07) is -0.954. The van der Waals surface area contributed by atoms with Crippen molar-refractivity contribution in [2.45, 2.75) is 13.0 Å². The molecule has 0 amide bonds. The normalized spacial score (nSPS) is 11.9. The third-order valence-corrected chi connectivity index (χ3v) is 1.97. The zero-order valence-corrected chi connectivity index (χ0v) is 8.61. The van der Waals surface area contributed by atoms with Gasteiger partial charge in [-0.1, -0.05) is 0 Å². The van der Waals surface area contributed by atoms with Crippen LogP contribution in [-0.2, 0) is 9.53 Å². The van der Waals surface area contributed by atoms with Gasteiger partial charge in [0.25, 0.3) is 0 Å². The van der Waals surface area contributed by atoms with E-state index in [4.69, 9.17) is 0 Å². The van der Waals surface area contributed by atoms with Crippen LogP contribution in [0.15, 0.2) is 17.2 Å². The van der Waals surface area contributed by atoms with Crippen LogP contribution in [0.2, 0.25) is 0 Å². The molecule has 0 aliphatic rings. The van der Waals surface area contributed by atoms with Crippen LogP contribution in [0.5, 0.6) is 0 Å². The lowest BCUT2D eigenvalue weighted by molar-refractivity contribution is -0.385. The van der Waals surface area contributed by atoms with Gasteiger partial charge in [0.1, 0.15) is 12.2 Å². The van der Waals surface area contributed by atoms with Crippen LogP contribution in [0.3, 0.4) is 0 Å². The van der Waals surface area contributed by atoms with Gasteiger partial charge < -0.3 is 4.74 Å². The molecule has 8 heteroatoms. The van der Waals surface area contributed by atoms with E-state index in [-0.39, 0.29) is 5.69 Å². The first-order valence-corrected chi connectivity index (χ1v) is 4.27. The number of rotatable bonds is 3. The first kappa shape index (κ1) is 11.8. The molecule has 0 radical (unpaired) electrons. The summed E-state index contributed by atoms with van der Waals surface area (Å²) < 4.78 is 5.28. The molecule has 0 bridgehead atoms. The Morgan fingerprint density at radius 2 is 2.31 bits per heavy atom. The second-order valence-electron chi connectivity index (χ2n) is 2.96. The number of nitrogens with zero attached hydrogens (tertiary/aromatic N) is 3. The summed E-state index contributed by atoms with van der Waals surface area (Å²) in [5.74, 6) is -0.676. The fraction of sp³-hybridized carbons (Fsp3) is 0.375. The summed E-state index contributed by atoms with van der Waals surface area (Å²) in [5.41, 5.74) is -1.11. The Labute approximate surface area is 89.6 Å². The van der Waals surface area contributed by atoms with Crippen LogP contribution >= 0.6 is 0 Å². The quantitative estimate of drug-likeness (QED) is 0.405. The van der Waals surface area contributed by atoms with Gasteiger partial charge in [-0.25, -0.2) is 9.59 Å². The number of carbonyl (C=O) groups is 1. The molecule has 8 nitrogen and oxygen atoms in total. The molecular formula is C8H9N3O5. The van der Waals surface area contributed by atoms with Crippen molar-refractivity contribution in [2.24, 2.45) is 0 Å². The Balaban J connectivity index is 3.22. The van der Waals surface area contributed by atoms with E-state index >= 15 is 0 Å². The number of hydrogen-bond acceptors (Lipinski definition) is 6. The molecule has 0 saturated carbocycles. The highest BCUT2D eigenvalue weighted by molar-refractivity contribution is 5.73. The smallest absolute Gasteiger partial charge is 0.348 e. The molecule has 0 aromatic carbocycles. The summed E-state index contributed by atoms with van der Waals surface area (Å²) in [4.78, 5) is 35.5. The van der Waals surface area contributed by atoms with Crippen molar-refractivity contribution >= 4 is 11.7 Å². The molecule has 0 fully saturated rings. The highest BCUT2D eigenvalue weighted by Gasteiger charge is 2.19. The molecule has 1 aromatic rings. The lowest BCUT2D eigenvalue weighted by Crippen LogP contribution is -2.30. The third kappa shape index (κ3) is 2.22. The van der Waals surface area contributed by atoms with Crippen LogP contribution in [0.1, 0.15) is 13.0 Å². The van der Waals surface area contributed by atoms with E-state index in [0.717, 1.165) is 24.1 Å². The minimum absolute atomic E-state index is 0.365. The van der Waals surface area contributed by atoms with Crippen LogP contribution in [0.4, 0.5) is 5.69 Å². The van der Waals surface area contributed by atoms with Gasteiger partial charge in [-0.3, -0.25) is 14.7 Å². The standard InChI is InChI=1S/C8H9N3O5/c1-5(7(12)16-2)10-4-6(11(14)15)3-9-8(10)13/h3-5H,1-2H3/t5-/m1/s1. The van der Waals surface area contributed by atoms with Crippen LogP contribution in [-0.4, -0.2) is 27.6 Å². The number of carbonyl (C=O) groups excluding carboxylic acids is 1. The maximum absolute atomic E-state index is 11.3. The Morgan fingerprint density at radius 1 is 1.69 bits per heavy atom. The van der Waals surface area contributed by atoms with E-state index in [9.17, 15) is 19.7 Å². The predicted molar refractivity (Wildman–Crippen MR) is 51.9 cm³/mol. The maximum atomic E-state index is 11.3. The molecule has 0 unspecified atom stereocenters. The van der Waals surface area contributed by atoms with Crippen LogP contribution in [0, 0.1) is 10.1 Å². The van der Waals surface area contributed by atoms with Crippen molar-refractivity contribution in [3.05, 3.63) is 33.0 Å². The van der Waals surface area contributed by atoms with Crippen molar-refractivity contribution in [3.8, 4) is 0 Å². The van der Waals surface area contributed by atoms with Gasteiger partial charge >= 0.3 is 17.3 Å². The number of methoxy groups -OCH3 is 1. The average Bonchev–Trinajstić information content (AvgIpc) is 2.27. The minimum atomic E-state index is -0.954. The second-order valence-corrected chi connectivity index (χ2v) is 2.96. The number of nitro groups is 1. The van der Waals surface area contributed by atoms with E-state index in [0.29, 0.717) is 0 Å². The van der Waals surface area contributed by atoms with Gasteiger partial charge in [0.2, 0.25) is 0 Å². The van der Waals surface area contributed by atoms with E-state index < -0.39 is 22.6 Å². The predicted octanol–water partition coefficient (Wildman–Crippen LogP) is -0.115. The topological polar surface area (TPSA) is 104 Å². The monoisotopic (exact) mass is 227 g/mol. The minimum Gasteiger partial charge on any atom is -0.467 e. The fourth-order valence-corrected chi connectivity index (χ4v) is 1.07. The molecule has 0 N–H and O–H groups in total. The molecule has 16 heavy (non-hydrogen) atoms. The maximum Gasteiger partial charge on any atom is 0.348 e. The summed E-state index contributed by atoms with van der Waals surface area (Å²) in [5, 5.41) is 10.5. The molecule has 0 saturated heterocycles. The van der Waals surface area contributed by atoms with Gasteiger partial charge in [0, 0.05) is 0 Å². The van der Waals surface area contributed by atoms with Crippen molar-refractivity contribution < 1.29 is 14.5 Å². The molecule has 1 aromatic heterocycles. The van der Waals surface area contributed by atoms with Crippen LogP contribution in [0.25, 0.3) is 0 Å². The third-order valence-electron chi connectivity index (χ3n) is 1.97. The Hall–Kier alpha value is -2.25. The molecule has 0 aliphatic heterocycles. The van der Waals surface area contributed by atoms with E-state index in [1.165, 1.54) is 6.92 Å². The van der Waals surface area contributed by atoms with Gasteiger partial charge in [-0.2, -0.15) is 4.98 Å². The number of ether oxygens (including phenoxy) is 1. The summed E-state index contributed by atoms with van der Waals surface area (Å²) in [6.07, 6.45) is 1.79. The summed E-state index contributed by atoms with van der Waals surface area (Å²) in [7, 11) is 1.16. The van der Waals surface area contributed by atoms with Crippen molar-refractivity contribution in [1.82, 2.24) is 9.55 Å². The Bertz CT molecular complexity index is 481. The largest absolute Gasteiger partial charge is 0.467 e. The van der Waals surface area contributed by atoms with Crippen molar-refractivity contribution in [3.63, 3.8) is 0 Å². The SMILES string of the molecule is COC(=O)[C@@H](C)n1cc([N+](=O)[O-])cnc1=O. The Morgan fingerprint density at radius 3 is 2.81 bits per heavy atom. The Kier molecular flexibility index (Phi) is 3.33. The van der Waals surface area contributed by atoms with Gasteiger partial charge in [-0.15, -0.1) is 0 Å². The van der Waals surface area contributed by atoms with Crippen molar-refractivity contribution in [2.75, 3.05) is 7.11 Å². The van der Waals surface area contributed by atoms with Gasteiger partial charge in [0.15, 0.2) is 0 Å². The molecule has 1 heterocycles. The van der Waals surface area contributed by atoms with Gasteiger partial charge in [-0.05, 0) is 6.92 Å². The molecule has 0 aliphatic carbocycles. The zero-order valence-electron chi connectivity index (χ0n) is 8.61. The van der Waals surface area contributed by atoms with Gasteiger partial charge in [0.05, 0.1) is 18.2 Å². The first-order chi connectivity index (χ1) is 7.47. The summed E-state index contributed by atoms with van der Waals surface area (Å²) in [6.45, 7) is 1.39.